The molecule has 2 fully saturated rings. The summed E-state index contributed by atoms with van der Waals surface area (Å²) in [5.74, 6) is -0.910. The van der Waals surface area contributed by atoms with Gasteiger partial charge < -0.3 is 15.8 Å². The number of carbonyl (C=O) groups is 4. The first kappa shape index (κ1) is 21.2. The number of primary amides is 1. The van der Waals surface area contributed by atoms with Crippen LogP contribution in [0.4, 0.5) is 9.59 Å². The highest BCUT2D eigenvalue weighted by atomic mass is 16.6. The van der Waals surface area contributed by atoms with E-state index in [-0.39, 0.29) is 42.6 Å². The molecule has 3 N–H and O–H groups in total. The summed E-state index contributed by atoms with van der Waals surface area (Å²) in [7, 11) is 0. The molecule has 1 aromatic rings. The zero-order chi connectivity index (χ0) is 22.0. The monoisotopic (exact) mass is 427 g/mol. The van der Waals surface area contributed by atoms with E-state index in [1.54, 1.807) is 24.3 Å². The number of urea groups is 1. The second kappa shape index (κ2) is 8.58. The highest BCUT2D eigenvalue weighted by molar-refractivity contribution is 6.38. The standard InChI is InChI=1S/C22H26N4O5/c23-21(29)26(13-14-10-11-14)22(30)31-20(25-26)18(27)12-16-8-4-5-9-17(16)24-19(28)15-6-2-1-3-7-15/h1-3,6-7,14,16-17H,4-5,8-13H2,(H2-,23,24,28,29)/p+1/t16-,17+,26?/m1/s1. The Morgan fingerprint density at radius 1 is 1.10 bits per heavy atom. The Labute approximate surface area is 180 Å². The van der Waals surface area contributed by atoms with Gasteiger partial charge in [0.2, 0.25) is 5.78 Å². The molecule has 9 heteroatoms. The third-order valence-electron chi connectivity index (χ3n) is 6.28. The number of hydrogen-bond acceptors (Lipinski definition) is 6. The molecule has 9 nitrogen and oxygen atoms in total. The molecule has 31 heavy (non-hydrogen) atoms. The zero-order valence-corrected chi connectivity index (χ0v) is 17.3. The maximum absolute atomic E-state index is 12.9. The van der Waals surface area contributed by atoms with E-state index in [4.69, 9.17) is 10.5 Å². The molecule has 4 amide bonds. The number of carbonyl (C=O) groups excluding carboxylic acids is 4. The van der Waals surface area contributed by atoms with E-state index in [9.17, 15) is 19.2 Å². The van der Waals surface area contributed by atoms with Crippen LogP contribution in [0.1, 0.15) is 55.3 Å². The molecule has 1 aromatic carbocycles. The minimum Gasteiger partial charge on any atom is -0.350 e. The highest BCUT2D eigenvalue weighted by Crippen LogP contribution is 2.35. The fourth-order valence-corrected chi connectivity index (χ4v) is 4.31. The topological polar surface area (TPSA) is 128 Å². The van der Waals surface area contributed by atoms with Gasteiger partial charge in [-0.1, -0.05) is 31.0 Å². The van der Waals surface area contributed by atoms with Crippen molar-refractivity contribution in [2.75, 3.05) is 6.54 Å². The lowest BCUT2D eigenvalue weighted by molar-refractivity contribution is -0.776. The molecule has 0 saturated heterocycles. The molecule has 0 spiro atoms. The van der Waals surface area contributed by atoms with Crippen LogP contribution in [0.3, 0.4) is 0 Å². The number of rotatable bonds is 7. The normalized spacial score (nSPS) is 27.9. The Morgan fingerprint density at radius 2 is 1.81 bits per heavy atom. The summed E-state index contributed by atoms with van der Waals surface area (Å²) in [4.78, 5) is 49.8. The van der Waals surface area contributed by atoms with Crippen LogP contribution in [0, 0.1) is 11.8 Å². The number of hydrogen-bond donors (Lipinski definition) is 2. The predicted molar refractivity (Wildman–Crippen MR) is 111 cm³/mol. The Kier molecular flexibility index (Phi) is 5.86. The van der Waals surface area contributed by atoms with Gasteiger partial charge in [0.05, 0.1) is 0 Å². The minimum absolute atomic E-state index is 0.0774. The molecule has 1 aliphatic heterocycles. The Balaban J connectivity index is 1.45. The van der Waals surface area contributed by atoms with Gasteiger partial charge in [0.1, 0.15) is 6.54 Å². The molecule has 2 saturated carbocycles. The molecule has 4 rings (SSSR count). The number of benzene rings is 1. The van der Waals surface area contributed by atoms with Crippen molar-refractivity contribution in [3.63, 3.8) is 0 Å². The smallest absolute Gasteiger partial charge is 0.350 e. The van der Waals surface area contributed by atoms with Crippen molar-refractivity contribution >= 4 is 29.7 Å². The average molecular weight is 427 g/mol. The van der Waals surface area contributed by atoms with Crippen LogP contribution in [-0.4, -0.2) is 46.9 Å². The van der Waals surface area contributed by atoms with E-state index in [1.807, 2.05) is 6.07 Å². The summed E-state index contributed by atoms with van der Waals surface area (Å²) >= 11 is 0. The van der Waals surface area contributed by atoms with Crippen LogP contribution in [0.15, 0.2) is 35.4 Å². The lowest BCUT2D eigenvalue weighted by atomic mass is 9.81. The quantitative estimate of drug-likeness (QED) is 0.647. The van der Waals surface area contributed by atoms with Gasteiger partial charge in [-0.3, -0.25) is 9.59 Å². The number of quaternary nitrogens is 1. The maximum atomic E-state index is 12.9. The number of ketones is 1. The predicted octanol–water partition coefficient (Wildman–Crippen LogP) is 2.70. The minimum atomic E-state index is -0.995. The molecular formula is C22H27N4O5+. The molecule has 0 bridgehead atoms. The SMILES string of the molecule is NC(=O)[N+]1(CC2CC2)N=C(C(=O)C[C@H]2CCCC[C@@H]2NC(=O)c2ccccc2)OC1=O. The number of nitrogens with zero attached hydrogens (tertiary/aromatic N) is 2. The number of ether oxygens (including phenoxy) is 1. The average Bonchev–Trinajstić information content (AvgIpc) is 3.51. The molecule has 0 aromatic heterocycles. The van der Waals surface area contributed by atoms with Crippen LogP contribution in [0.2, 0.25) is 0 Å². The van der Waals surface area contributed by atoms with Gasteiger partial charge in [-0.15, -0.1) is 0 Å². The number of nitrogens with two attached hydrogens (primary N) is 1. The summed E-state index contributed by atoms with van der Waals surface area (Å²) in [5, 5.41) is 7.09. The molecule has 1 heterocycles. The number of Topliss-reactive ketones (excluding diaryl/α,β-unsaturated/α-hetero) is 1. The summed E-state index contributed by atoms with van der Waals surface area (Å²) in [6.45, 7) is 0.129. The zero-order valence-electron chi connectivity index (χ0n) is 17.3. The molecule has 2 aliphatic carbocycles. The fourth-order valence-electron chi connectivity index (χ4n) is 4.31. The van der Waals surface area contributed by atoms with Crippen molar-refractivity contribution in [1.82, 2.24) is 5.32 Å². The second-order valence-corrected chi connectivity index (χ2v) is 8.62. The van der Waals surface area contributed by atoms with Crippen molar-refractivity contribution in [3.05, 3.63) is 35.9 Å². The Hall–Kier alpha value is -3.07. The molecule has 164 valence electrons. The molecule has 3 aliphatic rings. The van der Waals surface area contributed by atoms with Gasteiger partial charge in [0.15, 0.2) is 0 Å². The number of cyclic esters (lactones) is 1. The summed E-state index contributed by atoms with van der Waals surface area (Å²) in [5.41, 5.74) is 6.01. The largest absolute Gasteiger partial charge is 0.560 e. The van der Waals surface area contributed by atoms with Crippen molar-refractivity contribution in [1.29, 1.82) is 0 Å². The van der Waals surface area contributed by atoms with Gasteiger partial charge in [0, 0.05) is 23.9 Å². The number of imide groups is 1. The van der Waals surface area contributed by atoms with Crippen LogP contribution in [-0.2, 0) is 9.53 Å². The van der Waals surface area contributed by atoms with Crippen molar-refractivity contribution in [2.45, 2.75) is 51.0 Å². The van der Waals surface area contributed by atoms with Crippen LogP contribution >= 0.6 is 0 Å². The van der Waals surface area contributed by atoms with E-state index in [2.05, 4.69) is 10.4 Å². The molecular weight excluding hydrogens is 400 g/mol. The number of amides is 4. The first-order valence-corrected chi connectivity index (χ1v) is 10.8. The van der Waals surface area contributed by atoms with Gasteiger partial charge in [-0.25, -0.2) is 4.79 Å². The first-order valence-electron chi connectivity index (χ1n) is 10.8. The lowest BCUT2D eigenvalue weighted by Gasteiger charge is -2.31. The number of nitrogens with one attached hydrogen (secondary N) is 1. The summed E-state index contributed by atoms with van der Waals surface area (Å²) in [6, 6.07) is 7.83. The summed E-state index contributed by atoms with van der Waals surface area (Å²) in [6.07, 6.45) is 4.40. The van der Waals surface area contributed by atoms with Crippen LogP contribution in [0.5, 0.6) is 0 Å². The molecule has 0 radical (unpaired) electrons. The Bertz CT molecular complexity index is 927. The van der Waals surface area contributed by atoms with Gasteiger partial charge in [-0.05, 0) is 53.4 Å². The van der Waals surface area contributed by atoms with Crippen molar-refractivity contribution in [3.8, 4) is 0 Å². The fraction of sp³-hybridized carbons (Fsp3) is 0.500. The first-order chi connectivity index (χ1) is 14.9. The lowest BCUT2D eigenvalue weighted by Crippen LogP contribution is -2.54. The van der Waals surface area contributed by atoms with Gasteiger partial charge in [0.25, 0.3) is 5.91 Å². The summed E-state index contributed by atoms with van der Waals surface area (Å²) < 4.78 is 4.11. The van der Waals surface area contributed by atoms with E-state index in [0.29, 0.717) is 5.56 Å². The van der Waals surface area contributed by atoms with Gasteiger partial charge in [-0.2, -0.15) is 4.79 Å². The second-order valence-electron chi connectivity index (χ2n) is 8.62. The highest BCUT2D eigenvalue weighted by Gasteiger charge is 2.57. The Morgan fingerprint density at radius 3 is 2.48 bits per heavy atom. The van der Waals surface area contributed by atoms with Gasteiger partial charge >= 0.3 is 18.0 Å². The third kappa shape index (κ3) is 4.51. The van der Waals surface area contributed by atoms with E-state index in [1.165, 1.54) is 0 Å². The molecule has 3 atom stereocenters. The van der Waals surface area contributed by atoms with Crippen molar-refractivity contribution < 1.29 is 28.5 Å². The van der Waals surface area contributed by atoms with Crippen LogP contribution in [0.25, 0.3) is 0 Å². The van der Waals surface area contributed by atoms with Crippen molar-refractivity contribution in [2.24, 2.45) is 22.7 Å². The van der Waals surface area contributed by atoms with E-state index >= 15 is 0 Å². The van der Waals surface area contributed by atoms with E-state index in [0.717, 1.165) is 38.5 Å². The van der Waals surface area contributed by atoms with E-state index < -0.39 is 22.5 Å². The third-order valence-corrected chi connectivity index (χ3v) is 6.28. The molecule has 1 unspecified atom stereocenters. The maximum Gasteiger partial charge on any atom is 0.560 e. The van der Waals surface area contributed by atoms with Crippen LogP contribution < -0.4 is 11.1 Å².